The minimum Gasteiger partial charge on any atom is -0.343 e. The minimum absolute atomic E-state index is 0.186. The summed E-state index contributed by atoms with van der Waals surface area (Å²) >= 11 is 0. The molecule has 2 atom stereocenters. The normalized spacial score (nSPS) is 21.8. The molecule has 3 heteroatoms. The zero-order valence-electron chi connectivity index (χ0n) is 11.7. The van der Waals surface area contributed by atoms with Crippen LogP contribution in [0.25, 0.3) is 0 Å². The molecule has 1 saturated heterocycles. The van der Waals surface area contributed by atoms with E-state index >= 15 is 0 Å². The lowest BCUT2D eigenvalue weighted by molar-refractivity contribution is -0.131. The topological polar surface area (TPSA) is 46.3 Å². The van der Waals surface area contributed by atoms with Gasteiger partial charge in [-0.2, -0.15) is 0 Å². The minimum atomic E-state index is -0.186. The molecule has 2 unspecified atom stereocenters. The summed E-state index contributed by atoms with van der Waals surface area (Å²) in [4.78, 5) is 14.3. The van der Waals surface area contributed by atoms with Crippen molar-refractivity contribution in [1.82, 2.24) is 4.90 Å². The van der Waals surface area contributed by atoms with Gasteiger partial charge in [0.15, 0.2) is 0 Å². The van der Waals surface area contributed by atoms with Crippen LogP contribution < -0.4 is 5.73 Å². The summed E-state index contributed by atoms with van der Waals surface area (Å²) in [5, 5.41) is 0. The smallest absolute Gasteiger partial charge is 0.224 e. The Labute approximate surface area is 115 Å². The van der Waals surface area contributed by atoms with Crippen LogP contribution in [0.5, 0.6) is 0 Å². The van der Waals surface area contributed by atoms with Gasteiger partial charge in [0, 0.05) is 25.6 Å². The second-order valence-electron chi connectivity index (χ2n) is 5.64. The van der Waals surface area contributed by atoms with Crippen LogP contribution in [0.1, 0.15) is 44.2 Å². The highest BCUT2D eigenvalue weighted by Gasteiger charge is 2.20. The van der Waals surface area contributed by atoms with E-state index in [9.17, 15) is 4.79 Å². The Bertz CT molecular complexity index is 404. The maximum atomic E-state index is 12.3. The number of carbonyl (C=O) groups excluding carboxylic acids is 1. The monoisotopic (exact) mass is 260 g/mol. The SMILES string of the molecule is CC1CCCN(C(=O)CC(N)c2ccccc2)CC1. The molecular formula is C16H24N2O. The number of hydrogen-bond donors (Lipinski definition) is 1. The van der Waals surface area contributed by atoms with Gasteiger partial charge in [0.2, 0.25) is 5.91 Å². The molecule has 2 rings (SSSR count). The van der Waals surface area contributed by atoms with Gasteiger partial charge in [0.05, 0.1) is 0 Å². The highest BCUT2D eigenvalue weighted by atomic mass is 16.2. The van der Waals surface area contributed by atoms with Gasteiger partial charge < -0.3 is 10.6 Å². The third-order valence-electron chi connectivity index (χ3n) is 3.99. The van der Waals surface area contributed by atoms with Crippen molar-refractivity contribution >= 4 is 5.91 Å². The predicted octanol–water partition coefficient (Wildman–Crippen LogP) is 2.73. The van der Waals surface area contributed by atoms with E-state index in [1.54, 1.807) is 0 Å². The number of amides is 1. The molecule has 1 aromatic carbocycles. The summed E-state index contributed by atoms with van der Waals surface area (Å²) in [6.07, 6.45) is 3.88. The lowest BCUT2D eigenvalue weighted by atomic mass is 10.0. The van der Waals surface area contributed by atoms with Crippen molar-refractivity contribution in [3.8, 4) is 0 Å². The van der Waals surface area contributed by atoms with Crippen LogP contribution in [0.4, 0.5) is 0 Å². The van der Waals surface area contributed by atoms with Crippen molar-refractivity contribution in [3.05, 3.63) is 35.9 Å². The van der Waals surface area contributed by atoms with Crippen LogP contribution in [-0.2, 0) is 4.79 Å². The lowest BCUT2D eigenvalue weighted by Gasteiger charge is -2.22. The number of nitrogens with two attached hydrogens (primary N) is 1. The van der Waals surface area contributed by atoms with E-state index in [0.717, 1.165) is 37.4 Å². The maximum absolute atomic E-state index is 12.3. The first-order valence-electron chi connectivity index (χ1n) is 7.25. The summed E-state index contributed by atoms with van der Waals surface area (Å²) < 4.78 is 0. The molecule has 1 amide bonds. The van der Waals surface area contributed by atoms with E-state index in [0.29, 0.717) is 6.42 Å². The molecule has 1 aromatic rings. The molecule has 0 bridgehead atoms. The largest absolute Gasteiger partial charge is 0.343 e. The van der Waals surface area contributed by atoms with E-state index in [4.69, 9.17) is 5.73 Å². The average Bonchev–Trinajstić information content (AvgIpc) is 2.64. The molecule has 3 nitrogen and oxygen atoms in total. The first-order valence-corrected chi connectivity index (χ1v) is 7.25. The van der Waals surface area contributed by atoms with Crippen molar-refractivity contribution in [3.63, 3.8) is 0 Å². The predicted molar refractivity (Wildman–Crippen MR) is 77.6 cm³/mol. The molecule has 0 aliphatic carbocycles. The molecule has 0 saturated carbocycles. The highest BCUT2D eigenvalue weighted by Crippen LogP contribution is 2.19. The molecule has 0 radical (unpaired) electrons. The van der Waals surface area contributed by atoms with Gasteiger partial charge in [-0.1, -0.05) is 37.3 Å². The Balaban J connectivity index is 1.90. The Morgan fingerprint density at radius 3 is 2.79 bits per heavy atom. The molecule has 0 aromatic heterocycles. The van der Waals surface area contributed by atoms with Crippen molar-refractivity contribution < 1.29 is 4.79 Å². The van der Waals surface area contributed by atoms with Crippen molar-refractivity contribution in [2.75, 3.05) is 13.1 Å². The first-order chi connectivity index (χ1) is 9.16. The van der Waals surface area contributed by atoms with Gasteiger partial charge in [-0.25, -0.2) is 0 Å². The molecule has 2 N–H and O–H groups in total. The van der Waals surface area contributed by atoms with Crippen LogP contribution in [0.15, 0.2) is 30.3 Å². The van der Waals surface area contributed by atoms with E-state index in [1.165, 1.54) is 6.42 Å². The summed E-state index contributed by atoms with van der Waals surface area (Å²) in [6, 6.07) is 9.69. The summed E-state index contributed by atoms with van der Waals surface area (Å²) in [6.45, 7) is 4.05. The Kier molecular flexibility index (Phi) is 4.97. The van der Waals surface area contributed by atoms with Crippen LogP contribution in [-0.4, -0.2) is 23.9 Å². The summed E-state index contributed by atoms with van der Waals surface area (Å²) in [5.74, 6) is 0.936. The molecule has 1 fully saturated rings. The van der Waals surface area contributed by atoms with Crippen LogP contribution in [0.3, 0.4) is 0 Å². The number of nitrogens with zero attached hydrogens (tertiary/aromatic N) is 1. The standard InChI is InChI=1S/C16H24N2O/c1-13-6-5-10-18(11-9-13)16(19)12-15(17)14-7-3-2-4-8-14/h2-4,7-8,13,15H,5-6,9-12,17H2,1H3. The average molecular weight is 260 g/mol. The zero-order chi connectivity index (χ0) is 13.7. The molecule has 104 valence electrons. The van der Waals surface area contributed by atoms with Gasteiger partial charge in [-0.15, -0.1) is 0 Å². The zero-order valence-corrected chi connectivity index (χ0v) is 11.7. The maximum Gasteiger partial charge on any atom is 0.224 e. The van der Waals surface area contributed by atoms with Crippen LogP contribution in [0.2, 0.25) is 0 Å². The van der Waals surface area contributed by atoms with Crippen molar-refractivity contribution in [1.29, 1.82) is 0 Å². The third kappa shape index (κ3) is 4.06. The lowest BCUT2D eigenvalue weighted by Crippen LogP contribution is -2.34. The Morgan fingerprint density at radius 1 is 1.32 bits per heavy atom. The number of hydrogen-bond acceptors (Lipinski definition) is 2. The third-order valence-corrected chi connectivity index (χ3v) is 3.99. The summed E-state index contributed by atoms with van der Waals surface area (Å²) in [5.41, 5.74) is 7.16. The van der Waals surface area contributed by atoms with E-state index in [2.05, 4.69) is 6.92 Å². The van der Waals surface area contributed by atoms with Crippen molar-refractivity contribution in [2.45, 2.75) is 38.6 Å². The Hall–Kier alpha value is -1.35. The fourth-order valence-electron chi connectivity index (χ4n) is 2.65. The molecule has 0 spiro atoms. The quantitative estimate of drug-likeness (QED) is 0.908. The van der Waals surface area contributed by atoms with Gasteiger partial charge in [0.1, 0.15) is 0 Å². The van der Waals surface area contributed by atoms with E-state index < -0.39 is 0 Å². The van der Waals surface area contributed by atoms with Gasteiger partial charge in [0.25, 0.3) is 0 Å². The highest BCUT2D eigenvalue weighted by molar-refractivity contribution is 5.77. The number of carbonyl (C=O) groups is 1. The fraction of sp³-hybridized carbons (Fsp3) is 0.562. The van der Waals surface area contributed by atoms with Crippen LogP contribution in [0, 0.1) is 5.92 Å². The van der Waals surface area contributed by atoms with Gasteiger partial charge >= 0.3 is 0 Å². The Morgan fingerprint density at radius 2 is 2.05 bits per heavy atom. The molecule has 1 aliphatic heterocycles. The molecule has 1 heterocycles. The fourth-order valence-corrected chi connectivity index (χ4v) is 2.65. The number of benzene rings is 1. The molecule has 19 heavy (non-hydrogen) atoms. The van der Waals surface area contributed by atoms with Gasteiger partial charge in [-0.3, -0.25) is 4.79 Å². The van der Waals surface area contributed by atoms with Crippen molar-refractivity contribution in [2.24, 2.45) is 11.7 Å². The number of likely N-dealkylation sites (tertiary alicyclic amines) is 1. The second-order valence-corrected chi connectivity index (χ2v) is 5.64. The number of rotatable bonds is 3. The molecular weight excluding hydrogens is 236 g/mol. The molecule has 1 aliphatic rings. The van der Waals surface area contributed by atoms with E-state index in [-0.39, 0.29) is 11.9 Å². The van der Waals surface area contributed by atoms with E-state index in [1.807, 2.05) is 35.2 Å². The second kappa shape index (κ2) is 6.71. The first kappa shape index (κ1) is 14.1. The van der Waals surface area contributed by atoms with Crippen LogP contribution >= 0.6 is 0 Å². The van der Waals surface area contributed by atoms with Gasteiger partial charge in [-0.05, 0) is 30.7 Å². The summed E-state index contributed by atoms with van der Waals surface area (Å²) in [7, 11) is 0.